The lowest BCUT2D eigenvalue weighted by Crippen LogP contribution is -2.16. The van der Waals surface area contributed by atoms with Gasteiger partial charge in [0.1, 0.15) is 23.0 Å². The highest BCUT2D eigenvalue weighted by Crippen LogP contribution is 2.41. The van der Waals surface area contributed by atoms with Crippen LogP contribution in [0.25, 0.3) is 78.5 Å². The maximum Gasteiger partial charge on any atom is 0.343 e. The molecule has 0 fully saturated rings. The summed E-state index contributed by atoms with van der Waals surface area (Å²) in [5.74, 6) is -1.70. The summed E-state index contributed by atoms with van der Waals surface area (Å²) in [5.41, 5.74) is 14.4. The number of pyridine rings is 3. The summed E-state index contributed by atoms with van der Waals surface area (Å²) in [6.07, 6.45) is 27.2. The molecule has 0 amide bonds. The normalized spacial score (nSPS) is 15.3. The third-order valence-corrected chi connectivity index (χ3v) is 18.0. The molecule has 0 saturated carbocycles. The number of benzene rings is 9. The molecule has 2 aliphatic rings. The minimum atomic E-state index is -0.657. The summed E-state index contributed by atoms with van der Waals surface area (Å²) in [7, 11) is 0. The third kappa shape index (κ3) is 15.4. The Morgan fingerprint density at radius 2 is 0.673 bits per heavy atom. The van der Waals surface area contributed by atoms with Crippen LogP contribution in [-0.2, 0) is 0 Å². The van der Waals surface area contributed by atoms with E-state index in [1.807, 2.05) is 194 Å². The second kappa shape index (κ2) is 30.6. The molecule has 1 aliphatic heterocycles. The van der Waals surface area contributed by atoms with Crippen LogP contribution in [0.5, 0.6) is 23.0 Å². The molecular weight excluding hydrogens is 1290 g/mol. The Hall–Kier alpha value is -14.0. The van der Waals surface area contributed by atoms with Crippen LogP contribution in [0.4, 0.5) is 0 Å². The van der Waals surface area contributed by atoms with Gasteiger partial charge in [0.2, 0.25) is 0 Å². The molecule has 500 valence electrons. The quantitative estimate of drug-likeness (QED) is 0.0585. The van der Waals surface area contributed by atoms with E-state index in [-0.39, 0.29) is 40.0 Å². The van der Waals surface area contributed by atoms with Gasteiger partial charge < -0.3 is 18.9 Å². The number of hydrogen-bond donors (Lipinski definition) is 0. The number of ether oxygens (including phenoxy) is 4. The Balaban J connectivity index is 0.659. The highest BCUT2D eigenvalue weighted by molar-refractivity contribution is 6.01. The predicted octanol–water partition coefficient (Wildman–Crippen LogP) is 19.8. The lowest BCUT2D eigenvalue weighted by Gasteiger charge is -2.26. The number of esters is 4. The van der Waals surface area contributed by atoms with Gasteiger partial charge in [0, 0.05) is 76.6 Å². The van der Waals surface area contributed by atoms with Crippen molar-refractivity contribution in [3.05, 3.63) is 380 Å². The van der Waals surface area contributed by atoms with E-state index in [2.05, 4.69) is 50.3 Å². The Morgan fingerprint density at radius 1 is 0.308 bits per heavy atom. The number of aromatic nitrogens is 5. The fraction of sp³-hybridized carbons (Fsp3) is 0.0444. The molecule has 0 spiro atoms. The molecule has 0 saturated heterocycles. The van der Waals surface area contributed by atoms with Crippen molar-refractivity contribution in [3.63, 3.8) is 0 Å². The maximum absolute atomic E-state index is 14.3. The minimum absolute atomic E-state index is 0.0551. The molecule has 0 bridgehead atoms. The van der Waals surface area contributed by atoms with Crippen molar-refractivity contribution in [2.75, 3.05) is 0 Å². The van der Waals surface area contributed by atoms with E-state index in [1.165, 1.54) is 12.1 Å². The first-order chi connectivity index (χ1) is 51.1. The Morgan fingerprint density at radius 3 is 1.11 bits per heavy atom. The number of rotatable bonds is 18. The Bertz CT molecular complexity index is 5320. The highest BCUT2D eigenvalue weighted by atomic mass is 16.5. The molecule has 5 heterocycles. The van der Waals surface area contributed by atoms with Crippen LogP contribution in [0.2, 0.25) is 0 Å². The van der Waals surface area contributed by atoms with Crippen molar-refractivity contribution >= 4 is 30.1 Å². The van der Waals surface area contributed by atoms with Crippen molar-refractivity contribution < 1.29 is 38.1 Å². The molecule has 14 nitrogen and oxygen atoms in total. The Labute approximate surface area is 600 Å². The van der Waals surface area contributed by atoms with Gasteiger partial charge in [0.25, 0.3) is 0 Å². The fourth-order valence-corrected chi connectivity index (χ4v) is 12.6. The van der Waals surface area contributed by atoms with E-state index in [0.29, 0.717) is 45.5 Å². The highest BCUT2D eigenvalue weighted by Gasteiger charge is 2.27. The second-order valence-corrected chi connectivity index (χ2v) is 24.8. The summed E-state index contributed by atoms with van der Waals surface area (Å²) in [6, 6.07) is 79.7. The average Bonchev–Trinajstić information content (AvgIpc) is 1.11. The largest absolute Gasteiger partial charge is 0.423 e. The van der Waals surface area contributed by atoms with Gasteiger partial charge in [-0.1, -0.05) is 140 Å². The van der Waals surface area contributed by atoms with Crippen molar-refractivity contribution in [1.29, 1.82) is 0 Å². The summed E-state index contributed by atoms with van der Waals surface area (Å²) in [5, 5.41) is 0. The van der Waals surface area contributed by atoms with Gasteiger partial charge in [-0.2, -0.15) is 0 Å². The number of carbonyl (C=O) groups is 4. The molecule has 0 radical (unpaired) electrons. The van der Waals surface area contributed by atoms with Gasteiger partial charge in [-0.15, -0.1) is 0 Å². The van der Waals surface area contributed by atoms with Crippen molar-refractivity contribution in [1.82, 2.24) is 24.9 Å². The molecule has 14 heteroatoms. The lowest BCUT2D eigenvalue weighted by atomic mass is 9.78. The van der Waals surface area contributed by atoms with E-state index in [0.717, 1.165) is 79.1 Å². The third-order valence-electron chi connectivity index (χ3n) is 18.0. The smallest absolute Gasteiger partial charge is 0.343 e. The SMILES string of the molecule is O=C(Oc1ccc(-c2ccccn2)cc1)c1cc(C(=O)Oc2ccc(C3/C=N/C=C\C=C/C3)cc2)cc(-c2ccccc2-c2ccc(-c3cnc(-c4ccc(C5C=CC=CC5c5cc(C(=O)Oc6ccc(-c7ccccn7)cc6)cc(C(=O)Oc6ccc(-c7ccccn7)cc6)c5)cc4)cn3)cc2)c1. The van der Waals surface area contributed by atoms with Crippen LogP contribution >= 0.6 is 0 Å². The van der Waals surface area contributed by atoms with Gasteiger partial charge in [-0.3, -0.25) is 29.9 Å². The molecule has 1 aliphatic carbocycles. The number of aliphatic imine (C=N–C) groups is 1. The maximum atomic E-state index is 14.3. The molecule has 104 heavy (non-hydrogen) atoms. The van der Waals surface area contributed by atoms with Gasteiger partial charge >= 0.3 is 23.9 Å². The van der Waals surface area contributed by atoms with E-state index >= 15 is 0 Å². The molecule has 3 atom stereocenters. The molecule has 13 aromatic rings. The molecular formula is C90H62N6O8. The average molecular weight is 1360 g/mol. The number of nitrogens with zero attached hydrogens (tertiary/aromatic N) is 6. The van der Waals surface area contributed by atoms with Gasteiger partial charge in [0.15, 0.2) is 0 Å². The number of allylic oxidation sites excluding steroid dienone is 7. The molecule has 9 aromatic carbocycles. The van der Waals surface area contributed by atoms with E-state index in [4.69, 9.17) is 28.9 Å². The van der Waals surface area contributed by atoms with E-state index in [9.17, 15) is 19.2 Å². The van der Waals surface area contributed by atoms with Crippen LogP contribution in [0, 0.1) is 0 Å². The number of hydrogen-bond acceptors (Lipinski definition) is 14. The first-order valence-corrected chi connectivity index (χ1v) is 33.8. The van der Waals surface area contributed by atoms with Crippen molar-refractivity contribution in [2.45, 2.75) is 24.2 Å². The lowest BCUT2D eigenvalue weighted by molar-refractivity contribution is 0.0715. The second-order valence-electron chi connectivity index (χ2n) is 24.8. The zero-order valence-corrected chi connectivity index (χ0v) is 55.8. The zero-order chi connectivity index (χ0) is 70.6. The summed E-state index contributed by atoms with van der Waals surface area (Å²) in [4.78, 5) is 84.3. The molecule has 4 aromatic heterocycles. The molecule has 15 rings (SSSR count). The topological polar surface area (TPSA) is 182 Å². The minimum Gasteiger partial charge on any atom is -0.423 e. The van der Waals surface area contributed by atoms with Crippen LogP contribution in [0.1, 0.15) is 82.3 Å². The van der Waals surface area contributed by atoms with Crippen LogP contribution < -0.4 is 18.9 Å². The van der Waals surface area contributed by atoms with E-state index < -0.39 is 23.9 Å². The molecule has 3 unspecified atom stereocenters. The summed E-state index contributed by atoms with van der Waals surface area (Å²) < 4.78 is 23.9. The molecule has 0 N–H and O–H groups in total. The van der Waals surface area contributed by atoms with Crippen LogP contribution in [0.3, 0.4) is 0 Å². The monoisotopic (exact) mass is 1350 g/mol. The van der Waals surface area contributed by atoms with E-state index in [1.54, 1.807) is 110 Å². The van der Waals surface area contributed by atoms with Crippen LogP contribution in [0.15, 0.2) is 346 Å². The van der Waals surface area contributed by atoms with Gasteiger partial charge in [-0.25, -0.2) is 19.2 Å². The summed E-state index contributed by atoms with van der Waals surface area (Å²) in [6.45, 7) is 0. The Kier molecular flexibility index (Phi) is 19.4. The predicted molar refractivity (Wildman–Crippen MR) is 403 cm³/mol. The zero-order valence-electron chi connectivity index (χ0n) is 55.8. The standard InChI is InChI=1S/C90H62N6O8/c97-87(101-74-38-30-59(31-39-74)67-14-2-1-10-46-91-56-67)70-50-68(51-71(54-70)88(98)102-75-40-32-62(33-41-75)82-19-7-11-47-92-82)80-17-5-3-15-78(80)60-22-26-65(27-23-60)85-57-96-86(58-95-85)66-28-24-61(25-29-66)79-16-4-6-18-81(79)69-52-72(89(99)103-76-42-34-63(35-43-76)83-20-8-12-48-93-83)55-73(53-69)90(100)104-77-44-36-64(37-45-77)84-21-9-13-49-94-84/h1-13,15-58,67,79,81H,14H2/b2-1-,46-10-,91-56+. The first kappa shape index (κ1) is 65.9. The summed E-state index contributed by atoms with van der Waals surface area (Å²) >= 11 is 0. The fourth-order valence-electron chi connectivity index (χ4n) is 12.6. The van der Waals surface area contributed by atoms with Crippen molar-refractivity contribution in [3.8, 4) is 102 Å². The van der Waals surface area contributed by atoms with Gasteiger partial charge in [0.05, 0.1) is 63.1 Å². The van der Waals surface area contributed by atoms with Crippen LogP contribution in [-0.4, -0.2) is 55.0 Å². The van der Waals surface area contributed by atoms with Gasteiger partial charge in [-0.05, 0) is 209 Å². The number of carbonyl (C=O) groups excluding carboxylic acids is 4. The first-order valence-electron chi connectivity index (χ1n) is 33.8. The van der Waals surface area contributed by atoms with Crippen molar-refractivity contribution in [2.24, 2.45) is 4.99 Å².